The second kappa shape index (κ2) is 7.55. The maximum Gasteiger partial charge on any atom is 0.255 e. The number of benzene rings is 1. The number of hydrogen-bond donors (Lipinski definition) is 0. The van der Waals surface area contributed by atoms with Crippen molar-refractivity contribution in [2.45, 2.75) is 6.10 Å². The summed E-state index contributed by atoms with van der Waals surface area (Å²) in [7, 11) is 0. The molecule has 3 rings (SSSR count). The maximum atomic E-state index is 12.7. The third-order valence-corrected chi connectivity index (χ3v) is 4.79. The summed E-state index contributed by atoms with van der Waals surface area (Å²) in [6, 6.07) is 7.57. The van der Waals surface area contributed by atoms with Crippen LogP contribution in [0, 0.1) is 0 Å². The Morgan fingerprint density at radius 1 is 1.18 bits per heavy atom. The molecule has 0 aromatic heterocycles. The van der Waals surface area contributed by atoms with E-state index in [0.717, 1.165) is 42.9 Å². The van der Waals surface area contributed by atoms with Gasteiger partial charge in [-0.25, -0.2) is 0 Å². The first kappa shape index (κ1) is 15.9. The predicted molar refractivity (Wildman–Crippen MR) is 87.0 cm³/mol. The molecule has 0 radical (unpaired) electrons. The third-order valence-electron chi connectivity index (χ3n) is 4.10. The smallest absolute Gasteiger partial charge is 0.255 e. The summed E-state index contributed by atoms with van der Waals surface area (Å²) in [4.78, 5) is 16.9. The lowest BCUT2D eigenvalue weighted by Crippen LogP contribution is -2.51. The fraction of sp³-hybridized carbons (Fsp3) is 0.562. The Labute approximate surface area is 139 Å². The van der Waals surface area contributed by atoms with Crippen LogP contribution in [0.25, 0.3) is 0 Å². The van der Waals surface area contributed by atoms with E-state index in [2.05, 4.69) is 20.8 Å². The van der Waals surface area contributed by atoms with E-state index in [1.54, 1.807) is 0 Å². The van der Waals surface area contributed by atoms with Crippen LogP contribution in [0.1, 0.15) is 10.4 Å². The molecule has 5 nitrogen and oxygen atoms in total. The highest BCUT2D eigenvalue weighted by Gasteiger charge is 2.27. The molecule has 1 aromatic carbocycles. The van der Waals surface area contributed by atoms with Gasteiger partial charge in [-0.1, -0.05) is 12.1 Å². The summed E-state index contributed by atoms with van der Waals surface area (Å²) < 4.78 is 12.0. The Morgan fingerprint density at radius 3 is 2.73 bits per heavy atom. The Morgan fingerprint density at radius 2 is 1.95 bits per heavy atom. The molecule has 120 valence electrons. The maximum absolute atomic E-state index is 12.7. The Balaban J connectivity index is 1.60. The van der Waals surface area contributed by atoms with Gasteiger partial charge in [0.15, 0.2) is 0 Å². The minimum atomic E-state index is 0.0720. The van der Waals surface area contributed by atoms with Crippen molar-refractivity contribution in [1.29, 1.82) is 0 Å². The highest BCUT2D eigenvalue weighted by Crippen LogP contribution is 2.19. The third kappa shape index (κ3) is 3.87. The summed E-state index contributed by atoms with van der Waals surface area (Å²) in [6.07, 6.45) is 0.0817. The summed E-state index contributed by atoms with van der Waals surface area (Å²) in [5.74, 6) is 0.0720. The first-order valence-corrected chi connectivity index (χ1v) is 8.49. The lowest BCUT2D eigenvalue weighted by atomic mass is 10.1. The molecule has 1 unspecified atom stereocenters. The van der Waals surface area contributed by atoms with Gasteiger partial charge in [0.05, 0.1) is 31.5 Å². The van der Waals surface area contributed by atoms with Gasteiger partial charge in [0.2, 0.25) is 0 Å². The molecule has 0 aliphatic carbocycles. The minimum Gasteiger partial charge on any atom is -0.379 e. The number of carbonyl (C=O) groups excluding carboxylic acids is 1. The molecule has 2 fully saturated rings. The van der Waals surface area contributed by atoms with Gasteiger partial charge in [0.25, 0.3) is 5.91 Å². The molecule has 0 bridgehead atoms. The molecule has 2 saturated heterocycles. The molecule has 0 spiro atoms. The van der Waals surface area contributed by atoms with Crippen LogP contribution in [-0.2, 0) is 9.47 Å². The van der Waals surface area contributed by atoms with Crippen molar-refractivity contribution in [2.24, 2.45) is 0 Å². The van der Waals surface area contributed by atoms with Gasteiger partial charge in [-0.15, -0.1) is 0 Å². The highest BCUT2D eigenvalue weighted by atomic mass is 79.9. The zero-order valence-electron chi connectivity index (χ0n) is 12.5. The van der Waals surface area contributed by atoms with Crippen molar-refractivity contribution >= 4 is 21.8 Å². The molecule has 2 aliphatic rings. The molecule has 1 atom stereocenters. The van der Waals surface area contributed by atoms with E-state index in [-0.39, 0.29) is 12.0 Å². The van der Waals surface area contributed by atoms with Crippen molar-refractivity contribution < 1.29 is 14.3 Å². The van der Waals surface area contributed by atoms with Gasteiger partial charge in [0.1, 0.15) is 0 Å². The van der Waals surface area contributed by atoms with E-state index in [4.69, 9.17) is 9.47 Å². The number of nitrogens with zero attached hydrogens (tertiary/aromatic N) is 2. The minimum absolute atomic E-state index is 0.0720. The van der Waals surface area contributed by atoms with Crippen LogP contribution in [0.15, 0.2) is 28.7 Å². The highest BCUT2D eigenvalue weighted by molar-refractivity contribution is 9.10. The van der Waals surface area contributed by atoms with Crippen LogP contribution < -0.4 is 0 Å². The number of morpholine rings is 2. The number of hydrogen-bond acceptors (Lipinski definition) is 4. The Bertz CT molecular complexity index is 520. The molecule has 1 amide bonds. The quantitative estimate of drug-likeness (QED) is 0.812. The molecule has 0 saturated carbocycles. The van der Waals surface area contributed by atoms with Crippen molar-refractivity contribution in [3.63, 3.8) is 0 Å². The molecule has 2 heterocycles. The lowest BCUT2D eigenvalue weighted by Gasteiger charge is -2.36. The van der Waals surface area contributed by atoms with Gasteiger partial charge in [-0.05, 0) is 28.1 Å². The number of amides is 1. The molecular formula is C16H21BrN2O3. The Kier molecular flexibility index (Phi) is 5.46. The van der Waals surface area contributed by atoms with E-state index in [9.17, 15) is 4.79 Å². The standard InChI is InChI=1S/C16H21BrN2O3/c17-15-4-2-1-3-14(15)16(20)19-7-10-22-13(12-19)11-18-5-8-21-9-6-18/h1-4,13H,5-12H2. The summed E-state index contributed by atoms with van der Waals surface area (Å²) in [6.45, 7) is 6.22. The van der Waals surface area contributed by atoms with E-state index in [1.807, 2.05) is 29.2 Å². The van der Waals surface area contributed by atoms with Gasteiger partial charge < -0.3 is 14.4 Å². The van der Waals surface area contributed by atoms with E-state index < -0.39 is 0 Å². The van der Waals surface area contributed by atoms with E-state index in [0.29, 0.717) is 19.7 Å². The zero-order chi connectivity index (χ0) is 15.4. The molecule has 2 aliphatic heterocycles. The summed E-state index contributed by atoms with van der Waals surface area (Å²) >= 11 is 3.46. The summed E-state index contributed by atoms with van der Waals surface area (Å²) in [5.41, 5.74) is 0.717. The molecular weight excluding hydrogens is 348 g/mol. The van der Waals surface area contributed by atoms with Gasteiger partial charge in [0, 0.05) is 37.2 Å². The second-order valence-corrected chi connectivity index (χ2v) is 6.49. The van der Waals surface area contributed by atoms with Gasteiger partial charge in [-0.3, -0.25) is 9.69 Å². The normalized spacial score (nSPS) is 23.5. The average Bonchev–Trinajstić information content (AvgIpc) is 2.56. The topological polar surface area (TPSA) is 42.0 Å². The first-order chi connectivity index (χ1) is 10.7. The number of carbonyl (C=O) groups is 1. The molecule has 0 N–H and O–H groups in total. The predicted octanol–water partition coefficient (Wildman–Crippen LogP) is 1.62. The van der Waals surface area contributed by atoms with Crippen LogP contribution in [0.4, 0.5) is 0 Å². The Hall–Kier alpha value is -0.950. The molecule has 6 heteroatoms. The molecule has 1 aromatic rings. The van der Waals surface area contributed by atoms with Crippen LogP contribution in [0.3, 0.4) is 0 Å². The largest absolute Gasteiger partial charge is 0.379 e. The monoisotopic (exact) mass is 368 g/mol. The van der Waals surface area contributed by atoms with Crippen molar-refractivity contribution in [2.75, 3.05) is 52.5 Å². The lowest BCUT2D eigenvalue weighted by molar-refractivity contribution is -0.0503. The zero-order valence-corrected chi connectivity index (χ0v) is 14.1. The number of halogens is 1. The SMILES string of the molecule is O=C(c1ccccc1Br)N1CCOC(CN2CCOCC2)C1. The second-order valence-electron chi connectivity index (χ2n) is 5.64. The summed E-state index contributed by atoms with van der Waals surface area (Å²) in [5, 5.41) is 0. The van der Waals surface area contributed by atoms with E-state index in [1.165, 1.54) is 0 Å². The number of rotatable bonds is 3. The van der Waals surface area contributed by atoms with Crippen molar-refractivity contribution in [3.05, 3.63) is 34.3 Å². The van der Waals surface area contributed by atoms with Crippen LogP contribution >= 0.6 is 15.9 Å². The fourth-order valence-electron chi connectivity index (χ4n) is 2.89. The van der Waals surface area contributed by atoms with Gasteiger partial charge >= 0.3 is 0 Å². The average molecular weight is 369 g/mol. The fourth-order valence-corrected chi connectivity index (χ4v) is 3.35. The molecule has 22 heavy (non-hydrogen) atoms. The van der Waals surface area contributed by atoms with Crippen LogP contribution in [-0.4, -0.2) is 74.4 Å². The van der Waals surface area contributed by atoms with Gasteiger partial charge in [-0.2, -0.15) is 0 Å². The van der Waals surface area contributed by atoms with Crippen LogP contribution in [0.5, 0.6) is 0 Å². The number of ether oxygens (including phenoxy) is 2. The van der Waals surface area contributed by atoms with Crippen LogP contribution in [0.2, 0.25) is 0 Å². The first-order valence-electron chi connectivity index (χ1n) is 7.69. The van der Waals surface area contributed by atoms with Crippen molar-refractivity contribution in [1.82, 2.24) is 9.80 Å². The van der Waals surface area contributed by atoms with Crippen molar-refractivity contribution in [3.8, 4) is 0 Å². The van der Waals surface area contributed by atoms with E-state index >= 15 is 0 Å².